The summed E-state index contributed by atoms with van der Waals surface area (Å²) in [6.45, 7) is 1.91. The highest BCUT2D eigenvalue weighted by Crippen LogP contribution is 2.35. The van der Waals surface area contributed by atoms with E-state index in [-0.39, 0.29) is 24.4 Å². The third-order valence-electron chi connectivity index (χ3n) is 3.34. The van der Waals surface area contributed by atoms with Crippen molar-refractivity contribution in [3.05, 3.63) is 17.2 Å². The van der Waals surface area contributed by atoms with Crippen LogP contribution in [-0.2, 0) is 9.59 Å². The lowest BCUT2D eigenvalue weighted by Gasteiger charge is -2.20. The zero-order valence-electron chi connectivity index (χ0n) is 12.6. The Morgan fingerprint density at radius 3 is 2.64 bits per heavy atom. The van der Waals surface area contributed by atoms with Gasteiger partial charge in [-0.25, -0.2) is 5.01 Å². The van der Waals surface area contributed by atoms with E-state index in [1.54, 1.807) is 17.1 Å². The van der Waals surface area contributed by atoms with E-state index in [2.05, 4.69) is 10.7 Å². The summed E-state index contributed by atoms with van der Waals surface area (Å²) in [6, 6.07) is 3.13. The smallest absolute Gasteiger partial charge is 0.240 e. The number of anilines is 1. The zero-order chi connectivity index (χ0) is 16.3. The molecule has 0 saturated carbocycles. The van der Waals surface area contributed by atoms with Gasteiger partial charge in [0, 0.05) is 18.5 Å². The second-order valence-corrected chi connectivity index (χ2v) is 5.36. The van der Waals surface area contributed by atoms with Crippen LogP contribution >= 0.6 is 11.6 Å². The summed E-state index contributed by atoms with van der Waals surface area (Å²) in [6.07, 6.45) is 0.380. The Balaban J connectivity index is 2.08. The fourth-order valence-corrected chi connectivity index (χ4v) is 2.43. The van der Waals surface area contributed by atoms with Crippen molar-refractivity contribution < 1.29 is 19.1 Å². The number of amides is 2. The molecule has 1 aliphatic heterocycles. The fourth-order valence-electron chi connectivity index (χ4n) is 2.19. The molecule has 1 aromatic carbocycles. The lowest BCUT2D eigenvalue weighted by Crippen LogP contribution is -2.42. The Morgan fingerprint density at radius 2 is 2.09 bits per heavy atom. The molecule has 1 fully saturated rings. The molecule has 22 heavy (non-hydrogen) atoms. The van der Waals surface area contributed by atoms with Gasteiger partial charge in [0.2, 0.25) is 11.8 Å². The van der Waals surface area contributed by atoms with Crippen LogP contribution in [0.3, 0.4) is 0 Å². The molecule has 8 heteroatoms. The molecule has 2 rings (SSSR count). The van der Waals surface area contributed by atoms with E-state index in [9.17, 15) is 9.59 Å². The second kappa shape index (κ2) is 6.85. The Morgan fingerprint density at radius 1 is 1.41 bits per heavy atom. The predicted octanol–water partition coefficient (Wildman–Crippen LogP) is 1.42. The summed E-state index contributed by atoms with van der Waals surface area (Å²) in [5, 5.41) is 4.67. The molecule has 120 valence electrons. The lowest BCUT2D eigenvalue weighted by atomic mass is 10.2. The van der Waals surface area contributed by atoms with E-state index in [4.69, 9.17) is 21.1 Å². The van der Waals surface area contributed by atoms with Crippen LogP contribution in [0.2, 0.25) is 5.02 Å². The van der Waals surface area contributed by atoms with Gasteiger partial charge < -0.3 is 14.8 Å². The molecule has 1 aliphatic rings. The predicted molar refractivity (Wildman–Crippen MR) is 82.1 cm³/mol. The number of methoxy groups -OCH3 is 2. The first-order valence-corrected chi connectivity index (χ1v) is 7.10. The topological polar surface area (TPSA) is 79.9 Å². The summed E-state index contributed by atoms with van der Waals surface area (Å²) < 4.78 is 10.3. The van der Waals surface area contributed by atoms with Crippen molar-refractivity contribution in [1.82, 2.24) is 10.4 Å². The lowest BCUT2D eigenvalue weighted by molar-refractivity contribution is -0.122. The van der Waals surface area contributed by atoms with E-state index in [0.29, 0.717) is 28.6 Å². The molecule has 1 aromatic rings. The van der Waals surface area contributed by atoms with Gasteiger partial charge >= 0.3 is 0 Å². The minimum Gasteiger partial charge on any atom is -0.495 e. The Kier molecular flexibility index (Phi) is 5.10. The third-order valence-corrected chi connectivity index (χ3v) is 3.64. The number of carbonyl (C=O) groups excluding carboxylic acids is 2. The summed E-state index contributed by atoms with van der Waals surface area (Å²) in [4.78, 5) is 23.4. The van der Waals surface area contributed by atoms with Gasteiger partial charge in [0.15, 0.2) is 0 Å². The van der Waals surface area contributed by atoms with Gasteiger partial charge in [-0.2, -0.15) is 0 Å². The van der Waals surface area contributed by atoms with Crippen LogP contribution in [0.15, 0.2) is 12.1 Å². The van der Waals surface area contributed by atoms with E-state index < -0.39 is 0 Å². The van der Waals surface area contributed by atoms with Crippen LogP contribution in [0, 0.1) is 0 Å². The number of carbonyl (C=O) groups is 2. The molecule has 0 bridgehead atoms. The van der Waals surface area contributed by atoms with Crippen LogP contribution in [0.25, 0.3) is 0 Å². The minimum atomic E-state index is -0.284. The summed E-state index contributed by atoms with van der Waals surface area (Å²) >= 11 is 6.06. The molecule has 1 unspecified atom stereocenters. The average Bonchev–Trinajstić information content (AvgIpc) is 2.77. The summed E-state index contributed by atoms with van der Waals surface area (Å²) in [7, 11) is 2.98. The molecule has 2 N–H and O–H groups in total. The van der Waals surface area contributed by atoms with E-state index in [1.165, 1.54) is 14.2 Å². The van der Waals surface area contributed by atoms with Crippen LogP contribution in [0.1, 0.15) is 13.3 Å². The normalized spacial score (nSPS) is 18.0. The summed E-state index contributed by atoms with van der Waals surface area (Å²) in [5.41, 5.74) is 3.08. The molecule has 7 nitrogen and oxygen atoms in total. The quantitative estimate of drug-likeness (QED) is 0.855. The van der Waals surface area contributed by atoms with Crippen molar-refractivity contribution in [2.45, 2.75) is 19.4 Å². The molecule has 0 aromatic heterocycles. The maximum absolute atomic E-state index is 12.1. The molecule has 0 radical (unpaired) electrons. The van der Waals surface area contributed by atoms with Crippen molar-refractivity contribution >= 4 is 29.1 Å². The molecule has 0 aliphatic carbocycles. The van der Waals surface area contributed by atoms with Gasteiger partial charge in [-0.1, -0.05) is 11.6 Å². The Bertz CT molecular complexity index is 594. The molecular formula is C14H18ClN3O4. The van der Waals surface area contributed by atoms with Gasteiger partial charge in [0.05, 0.1) is 31.5 Å². The standard InChI is InChI=1S/C14H18ClN3O4/c1-8-4-13(19)17-18(8)7-14(20)16-10-5-9(15)11(21-2)6-12(10)22-3/h5-6,8H,4,7H2,1-3H3,(H,16,20)(H,17,19). The SMILES string of the molecule is COc1cc(OC)c(NC(=O)CN2NC(=O)CC2C)cc1Cl. The zero-order valence-corrected chi connectivity index (χ0v) is 13.4. The van der Waals surface area contributed by atoms with Crippen LogP contribution in [0.5, 0.6) is 11.5 Å². The number of nitrogens with zero attached hydrogens (tertiary/aromatic N) is 1. The van der Waals surface area contributed by atoms with Crippen LogP contribution in [-0.4, -0.2) is 43.6 Å². The number of nitrogens with one attached hydrogen (secondary N) is 2. The third kappa shape index (κ3) is 3.61. The highest BCUT2D eigenvalue weighted by atomic mass is 35.5. The van der Waals surface area contributed by atoms with E-state index in [0.717, 1.165) is 0 Å². The second-order valence-electron chi connectivity index (χ2n) is 4.95. The summed E-state index contributed by atoms with van der Waals surface area (Å²) in [5.74, 6) is 0.518. The molecule has 0 spiro atoms. The Hall–Kier alpha value is -1.99. The van der Waals surface area contributed by atoms with Crippen molar-refractivity contribution in [2.24, 2.45) is 0 Å². The van der Waals surface area contributed by atoms with Gasteiger partial charge in [-0.05, 0) is 13.0 Å². The molecule has 1 saturated heterocycles. The number of halogens is 1. The molecule has 1 heterocycles. The number of hydrogen-bond acceptors (Lipinski definition) is 5. The molecule has 1 atom stereocenters. The number of hydrogen-bond donors (Lipinski definition) is 2. The Labute approximate surface area is 133 Å². The van der Waals surface area contributed by atoms with Crippen molar-refractivity contribution in [1.29, 1.82) is 0 Å². The van der Waals surface area contributed by atoms with Crippen molar-refractivity contribution in [3.8, 4) is 11.5 Å². The van der Waals surface area contributed by atoms with Crippen molar-refractivity contribution in [2.75, 3.05) is 26.1 Å². The first-order chi connectivity index (χ1) is 10.4. The van der Waals surface area contributed by atoms with Gasteiger partial charge in [-0.15, -0.1) is 0 Å². The monoisotopic (exact) mass is 327 g/mol. The maximum Gasteiger partial charge on any atom is 0.240 e. The van der Waals surface area contributed by atoms with Crippen LogP contribution < -0.4 is 20.2 Å². The van der Waals surface area contributed by atoms with Crippen LogP contribution in [0.4, 0.5) is 5.69 Å². The minimum absolute atomic E-state index is 0.0281. The number of ether oxygens (including phenoxy) is 2. The number of hydrazine groups is 1. The van der Waals surface area contributed by atoms with E-state index >= 15 is 0 Å². The van der Waals surface area contributed by atoms with Gasteiger partial charge in [-0.3, -0.25) is 15.0 Å². The van der Waals surface area contributed by atoms with Gasteiger partial charge in [0.1, 0.15) is 11.5 Å². The van der Waals surface area contributed by atoms with Crippen molar-refractivity contribution in [3.63, 3.8) is 0 Å². The average molecular weight is 328 g/mol. The largest absolute Gasteiger partial charge is 0.495 e. The number of benzene rings is 1. The van der Waals surface area contributed by atoms with Gasteiger partial charge in [0.25, 0.3) is 0 Å². The van der Waals surface area contributed by atoms with E-state index in [1.807, 2.05) is 6.92 Å². The first kappa shape index (κ1) is 16.4. The number of rotatable bonds is 5. The molecular weight excluding hydrogens is 310 g/mol. The first-order valence-electron chi connectivity index (χ1n) is 6.72. The molecule has 2 amide bonds. The maximum atomic E-state index is 12.1. The fraction of sp³-hybridized carbons (Fsp3) is 0.429. The highest BCUT2D eigenvalue weighted by Gasteiger charge is 2.28. The highest BCUT2D eigenvalue weighted by molar-refractivity contribution is 6.32.